The molecule has 6 rings (SSSR count). The number of benzene rings is 1. The van der Waals surface area contributed by atoms with Gasteiger partial charge in [0.05, 0.1) is 23.1 Å². The normalized spacial score (nSPS) is 21.6. The Labute approximate surface area is 206 Å². The number of anilines is 2. The number of aromatic amines is 1. The molecule has 10 nitrogen and oxygen atoms in total. The highest BCUT2D eigenvalue weighted by Gasteiger charge is 2.33. The second-order valence-electron chi connectivity index (χ2n) is 9.00. The monoisotopic (exact) mass is 489 g/mol. The van der Waals surface area contributed by atoms with Gasteiger partial charge in [0.1, 0.15) is 11.5 Å². The van der Waals surface area contributed by atoms with E-state index in [4.69, 9.17) is 16.6 Å². The molecule has 11 heteroatoms. The quantitative estimate of drug-likeness (QED) is 0.288. The number of hydrogen-bond acceptors (Lipinski definition) is 8. The number of amides is 1. The molecule has 4 aromatic rings. The van der Waals surface area contributed by atoms with Crippen LogP contribution in [0.4, 0.5) is 11.5 Å². The maximum Gasteiger partial charge on any atom is 0.272 e. The Balaban J connectivity index is 1.19. The van der Waals surface area contributed by atoms with Crippen molar-refractivity contribution in [1.29, 1.82) is 0 Å². The summed E-state index contributed by atoms with van der Waals surface area (Å²) in [6.45, 7) is 1.01. The van der Waals surface area contributed by atoms with E-state index in [0.717, 1.165) is 48.1 Å². The summed E-state index contributed by atoms with van der Waals surface area (Å²) in [5, 5.41) is 15.0. The van der Waals surface area contributed by atoms with Crippen molar-refractivity contribution in [3.8, 4) is 11.4 Å². The Morgan fingerprint density at radius 2 is 2.03 bits per heavy atom. The first kappa shape index (κ1) is 21.9. The molecular weight excluding hydrogens is 466 g/mol. The van der Waals surface area contributed by atoms with Crippen molar-refractivity contribution in [2.24, 2.45) is 5.92 Å². The molecule has 178 valence electrons. The van der Waals surface area contributed by atoms with E-state index in [9.17, 15) is 4.79 Å². The highest BCUT2D eigenvalue weighted by Crippen LogP contribution is 2.29. The first-order valence-corrected chi connectivity index (χ1v) is 12.0. The molecule has 0 bridgehead atoms. The van der Waals surface area contributed by atoms with E-state index in [2.05, 4.69) is 41.7 Å². The summed E-state index contributed by atoms with van der Waals surface area (Å²) in [5.74, 6) is 1.79. The second-order valence-corrected chi connectivity index (χ2v) is 9.41. The summed E-state index contributed by atoms with van der Waals surface area (Å²) in [6, 6.07) is 10.5. The van der Waals surface area contributed by atoms with Gasteiger partial charge in [-0.15, -0.1) is 0 Å². The summed E-state index contributed by atoms with van der Waals surface area (Å²) in [4.78, 5) is 25.1. The van der Waals surface area contributed by atoms with E-state index in [1.807, 2.05) is 24.3 Å². The van der Waals surface area contributed by atoms with Gasteiger partial charge >= 0.3 is 0 Å². The van der Waals surface area contributed by atoms with Gasteiger partial charge in [0, 0.05) is 41.3 Å². The number of rotatable bonds is 5. The molecule has 3 atom stereocenters. The maximum absolute atomic E-state index is 12.7. The molecule has 5 N–H and O–H groups in total. The predicted molar refractivity (Wildman–Crippen MR) is 134 cm³/mol. The Hall–Kier alpha value is -3.60. The molecule has 1 aliphatic heterocycles. The molecule has 35 heavy (non-hydrogen) atoms. The fourth-order valence-corrected chi connectivity index (χ4v) is 5.04. The molecule has 0 spiro atoms. The lowest BCUT2D eigenvalue weighted by Gasteiger charge is -2.31. The van der Waals surface area contributed by atoms with Gasteiger partial charge in [-0.25, -0.2) is 9.97 Å². The molecule has 2 aliphatic rings. The number of aromatic nitrogens is 5. The molecule has 0 radical (unpaired) electrons. The molecule has 1 amide bonds. The number of fused-ring (bicyclic) bond motifs is 2. The molecule has 1 aliphatic carbocycles. The van der Waals surface area contributed by atoms with Gasteiger partial charge in [0.2, 0.25) is 0 Å². The fourth-order valence-electron chi connectivity index (χ4n) is 4.90. The standard InChI is InChI=1S/C24H24ClN9O/c25-17-11-27-28-12-21(17)32-24(35)20-8-13-1-2-14(9-19(13)31-20)23-26-6-5-22(33-23)30-16-3-4-18-15(7-16)10-29-34-18/h1-2,5-6,8-9,11-12,15-16,18,29,31,34H,3-4,7,10H2,(H,26,30,33)(H,27,32,35). The summed E-state index contributed by atoms with van der Waals surface area (Å²) in [7, 11) is 0. The minimum Gasteiger partial charge on any atom is -0.367 e. The van der Waals surface area contributed by atoms with Crippen LogP contribution in [0, 0.1) is 5.92 Å². The van der Waals surface area contributed by atoms with Crippen LogP contribution >= 0.6 is 11.6 Å². The lowest BCUT2D eigenvalue weighted by atomic mass is 9.83. The van der Waals surface area contributed by atoms with Crippen molar-refractivity contribution in [1.82, 2.24) is 36.0 Å². The topological polar surface area (TPSA) is 133 Å². The van der Waals surface area contributed by atoms with Crippen molar-refractivity contribution in [3.63, 3.8) is 0 Å². The van der Waals surface area contributed by atoms with Gasteiger partial charge in [-0.05, 0) is 43.4 Å². The van der Waals surface area contributed by atoms with Gasteiger partial charge in [-0.3, -0.25) is 15.6 Å². The summed E-state index contributed by atoms with van der Waals surface area (Å²) >= 11 is 6.07. The van der Waals surface area contributed by atoms with E-state index in [1.54, 1.807) is 12.3 Å². The largest absolute Gasteiger partial charge is 0.367 e. The minimum atomic E-state index is -0.317. The SMILES string of the molecule is O=C(Nc1cnncc1Cl)c1cc2ccc(-c3nccc(NC4CCC5NNCC5C4)n3)cc2[nH]1. The van der Waals surface area contributed by atoms with Crippen molar-refractivity contribution < 1.29 is 4.79 Å². The average Bonchev–Trinajstić information content (AvgIpc) is 3.52. The van der Waals surface area contributed by atoms with E-state index in [-0.39, 0.29) is 5.91 Å². The Bertz CT molecular complexity index is 1390. The second kappa shape index (κ2) is 9.21. The van der Waals surface area contributed by atoms with Crippen molar-refractivity contribution in [2.45, 2.75) is 31.3 Å². The highest BCUT2D eigenvalue weighted by molar-refractivity contribution is 6.33. The number of nitrogens with one attached hydrogen (secondary N) is 5. The van der Waals surface area contributed by atoms with Crippen molar-refractivity contribution >= 4 is 39.9 Å². The van der Waals surface area contributed by atoms with Crippen molar-refractivity contribution in [3.05, 3.63) is 59.6 Å². The maximum atomic E-state index is 12.7. The molecule has 3 aromatic heterocycles. The van der Waals surface area contributed by atoms with E-state index >= 15 is 0 Å². The Morgan fingerprint density at radius 3 is 2.94 bits per heavy atom. The lowest BCUT2D eigenvalue weighted by Crippen LogP contribution is -2.39. The predicted octanol–water partition coefficient (Wildman–Crippen LogP) is 3.38. The van der Waals surface area contributed by atoms with Crippen LogP contribution in [0.2, 0.25) is 5.02 Å². The number of hydrogen-bond donors (Lipinski definition) is 5. The highest BCUT2D eigenvalue weighted by atomic mass is 35.5. The van der Waals surface area contributed by atoms with E-state index in [1.165, 1.54) is 12.4 Å². The third kappa shape index (κ3) is 4.55. The van der Waals surface area contributed by atoms with Crippen LogP contribution in [0.15, 0.2) is 48.9 Å². The van der Waals surface area contributed by atoms with Crippen LogP contribution in [-0.2, 0) is 0 Å². The van der Waals surface area contributed by atoms with Gasteiger partial charge in [-0.1, -0.05) is 23.7 Å². The van der Waals surface area contributed by atoms with Crippen LogP contribution in [-0.4, -0.2) is 49.7 Å². The van der Waals surface area contributed by atoms with Gasteiger partial charge < -0.3 is 15.6 Å². The smallest absolute Gasteiger partial charge is 0.272 e. The minimum absolute atomic E-state index is 0.317. The van der Waals surface area contributed by atoms with Crippen LogP contribution in [0.5, 0.6) is 0 Å². The summed E-state index contributed by atoms with van der Waals surface area (Å²) < 4.78 is 0. The zero-order chi connectivity index (χ0) is 23.8. The number of carbonyl (C=O) groups excluding carboxylic acids is 1. The van der Waals surface area contributed by atoms with Crippen LogP contribution in [0.1, 0.15) is 29.8 Å². The summed E-state index contributed by atoms with van der Waals surface area (Å²) in [6.07, 6.45) is 7.94. The molecule has 1 saturated heterocycles. The molecule has 4 heterocycles. The third-order valence-electron chi connectivity index (χ3n) is 6.70. The van der Waals surface area contributed by atoms with Gasteiger partial charge in [-0.2, -0.15) is 10.2 Å². The molecule has 3 unspecified atom stereocenters. The number of H-pyrrole nitrogens is 1. The first-order valence-electron chi connectivity index (χ1n) is 11.6. The molecule has 1 saturated carbocycles. The molecular formula is C24H24ClN9O. The average molecular weight is 490 g/mol. The molecule has 2 fully saturated rings. The lowest BCUT2D eigenvalue weighted by molar-refractivity contribution is 0.102. The number of carbonyl (C=O) groups is 1. The van der Waals surface area contributed by atoms with E-state index in [0.29, 0.717) is 40.2 Å². The van der Waals surface area contributed by atoms with Crippen LogP contribution in [0.3, 0.4) is 0 Å². The number of halogens is 1. The first-order chi connectivity index (χ1) is 17.1. The summed E-state index contributed by atoms with van der Waals surface area (Å²) in [5.41, 5.74) is 9.13. The van der Waals surface area contributed by atoms with Crippen LogP contribution < -0.4 is 21.5 Å². The zero-order valence-corrected chi connectivity index (χ0v) is 19.5. The van der Waals surface area contributed by atoms with Gasteiger partial charge in [0.15, 0.2) is 5.82 Å². The third-order valence-corrected chi connectivity index (χ3v) is 7.00. The number of nitrogens with zero attached hydrogens (tertiary/aromatic N) is 4. The van der Waals surface area contributed by atoms with Gasteiger partial charge in [0.25, 0.3) is 5.91 Å². The van der Waals surface area contributed by atoms with Crippen molar-refractivity contribution in [2.75, 3.05) is 17.2 Å². The van der Waals surface area contributed by atoms with E-state index < -0.39 is 0 Å². The molecule has 1 aromatic carbocycles. The number of hydrazine groups is 1. The Kier molecular flexibility index (Phi) is 5.77. The zero-order valence-electron chi connectivity index (χ0n) is 18.8. The van der Waals surface area contributed by atoms with Crippen LogP contribution in [0.25, 0.3) is 22.3 Å². The fraction of sp³-hybridized carbons (Fsp3) is 0.292. The Morgan fingerprint density at radius 1 is 1.11 bits per heavy atom.